The van der Waals surface area contributed by atoms with Gasteiger partial charge >= 0.3 is 0 Å². The van der Waals surface area contributed by atoms with Gasteiger partial charge in [-0.3, -0.25) is 10.6 Å². The molecule has 0 bridgehead atoms. The molecule has 1 aromatic carbocycles. The summed E-state index contributed by atoms with van der Waals surface area (Å²) in [7, 11) is 0. The van der Waals surface area contributed by atoms with Gasteiger partial charge in [0.25, 0.3) is 5.91 Å². The van der Waals surface area contributed by atoms with Crippen molar-refractivity contribution >= 4 is 11.6 Å². The van der Waals surface area contributed by atoms with E-state index in [-0.39, 0.29) is 11.9 Å². The number of rotatable bonds is 8. The second-order valence-corrected chi connectivity index (χ2v) is 5.28. The summed E-state index contributed by atoms with van der Waals surface area (Å²) in [5.41, 5.74) is 5.13. The van der Waals surface area contributed by atoms with E-state index < -0.39 is 0 Å². The van der Waals surface area contributed by atoms with Crippen molar-refractivity contribution in [1.82, 2.24) is 5.32 Å². The predicted molar refractivity (Wildman–Crippen MR) is 84.7 cm³/mol. The number of benzene rings is 1. The number of amides is 1. The summed E-state index contributed by atoms with van der Waals surface area (Å²) in [5.74, 6) is 5.41. The molecule has 0 aliphatic rings. The van der Waals surface area contributed by atoms with E-state index in [1.165, 1.54) is 0 Å². The van der Waals surface area contributed by atoms with Crippen LogP contribution in [-0.4, -0.2) is 11.9 Å². The molecule has 0 heterocycles. The second-order valence-electron chi connectivity index (χ2n) is 5.28. The Morgan fingerprint density at radius 3 is 2.55 bits per heavy atom. The number of anilines is 1. The van der Waals surface area contributed by atoms with Crippen LogP contribution in [0.4, 0.5) is 5.69 Å². The number of hydrogen-bond acceptors (Lipinski definition) is 3. The molecule has 1 unspecified atom stereocenters. The maximum Gasteiger partial charge on any atom is 0.251 e. The molecule has 20 heavy (non-hydrogen) atoms. The first kappa shape index (κ1) is 16.5. The number of hydrogen-bond donors (Lipinski definition) is 3. The average molecular weight is 277 g/mol. The summed E-state index contributed by atoms with van der Waals surface area (Å²) in [6, 6.07) is 5.79. The lowest BCUT2D eigenvalue weighted by Gasteiger charge is -2.18. The van der Waals surface area contributed by atoms with Crippen LogP contribution in [0.3, 0.4) is 0 Å². The van der Waals surface area contributed by atoms with E-state index in [1.54, 1.807) is 6.07 Å². The lowest BCUT2D eigenvalue weighted by molar-refractivity contribution is 0.0932. The van der Waals surface area contributed by atoms with Crippen LogP contribution in [-0.2, 0) is 0 Å². The highest BCUT2D eigenvalue weighted by atomic mass is 16.1. The monoisotopic (exact) mass is 277 g/mol. The Labute approximate surface area is 122 Å². The Bertz CT molecular complexity index is 432. The van der Waals surface area contributed by atoms with Crippen molar-refractivity contribution in [2.75, 3.05) is 5.43 Å². The summed E-state index contributed by atoms with van der Waals surface area (Å²) in [5, 5.41) is 3.14. The van der Waals surface area contributed by atoms with Crippen LogP contribution in [0.1, 0.15) is 61.9 Å². The van der Waals surface area contributed by atoms with E-state index in [1.807, 2.05) is 19.1 Å². The van der Waals surface area contributed by atoms with Gasteiger partial charge in [0.2, 0.25) is 0 Å². The Morgan fingerprint density at radius 1 is 1.25 bits per heavy atom. The van der Waals surface area contributed by atoms with Gasteiger partial charge in [-0.25, -0.2) is 0 Å². The third-order valence-electron chi connectivity index (χ3n) is 3.52. The summed E-state index contributed by atoms with van der Waals surface area (Å²) >= 11 is 0. The van der Waals surface area contributed by atoms with Crippen molar-refractivity contribution in [3.8, 4) is 0 Å². The minimum Gasteiger partial charge on any atom is -0.349 e. The third-order valence-corrected chi connectivity index (χ3v) is 3.52. The van der Waals surface area contributed by atoms with Crippen LogP contribution in [0.5, 0.6) is 0 Å². The number of aryl methyl sites for hydroxylation is 1. The molecule has 1 atom stereocenters. The largest absolute Gasteiger partial charge is 0.349 e. The van der Waals surface area contributed by atoms with Gasteiger partial charge in [-0.05, 0) is 43.5 Å². The lowest BCUT2D eigenvalue weighted by atomic mass is 10.0. The van der Waals surface area contributed by atoms with E-state index in [4.69, 9.17) is 5.84 Å². The van der Waals surface area contributed by atoms with Crippen molar-refractivity contribution in [3.05, 3.63) is 29.3 Å². The van der Waals surface area contributed by atoms with E-state index in [0.29, 0.717) is 5.56 Å². The van der Waals surface area contributed by atoms with E-state index in [0.717, 1.165) is 43.4 Å². The Balaban J connectivity index is 2.70. The minimum atomic E-state index is 0.00576. The van der Waals surface area contributed by atoms with Gasteiger partial charge in [0.05, 0.1) is 5.69 Å². The van der Waals surface area contributed by atoms with Gasteiger partial charge in [0.15, 0.2) is 0 Å². The molecule has 0 radical (unpaired) electrons. The van der Waals surface area contributed by atoms with Crippen molar-refractivity contribution < 1.29 is 4.79 Å². The highest BCUT2D eigenvalue weighted by Gasteiger charge is 2.13. The molecule has 0 aliphatic heterocycles. The normalized spacial score (nSPS) is 12.0. The topological polar surface area (TPSA) is 67.2 Å². The van der Waals surface area contributed by atoms with Gasteiger partial charge in [0, 0.05) is 11.6 Å². The molecule has 4 N–H and O–H groups in total. The third kappa shape index (κ3) is 4.85. The van der Waals surface area contributed by atoms with Crippen LogP contribution >= 0.6 is 0 Å². The Kier molecular flexibility index (Phi) is 7.09. The highest BCUT2D eigenvalue weighted by Crippen LogP contribution is 2.16. The molecule has 4 nitrogen and oxygen atoms in total. The minimum absolute atomic E-state index is 0.00576. The van der Waals surface area contributed by atoms with Crippen LogP contribution < -0.4 is 16.6 Å². The molecular weight excluding hydrogens is 250 g/mol. The molecule has 4 heteroatoms. The van der Waals surface area contributed by atoms with Crippen LogP contribution in [0.15, 0.2) is 18.2 Å². The molecule has 0 aromatic heterocycles. The highest BCUT2D eigenvalue weighted by molar-refractivity contribution is 5.95. The van der Waals surface area contributed by atoms with E-state index in [9.17, 15) is 4.79 Å². The van der Waals surface area contributed by atoms with Gasteiger partial charge in [-0.15, -0.1) is 0 Å². The molecule has 0 saturated carbocycles. The first-order chi connectivity index (χ1) is 9.62. The molecule has 0 fully saturated rings. The van der Waals surface area contributed by atoms with Gasteiger partial charge in [-0.1, -0.05) is 33.1 Å². The molecule has 0 saturated heterocycles. The van der Waals surface area contributed by atoms with Gasteiger partial charge < -0.3 is 10.7 Å². The van der Waals surface area contributed by atoms with E-state index >= 15 is 0 Å². The fourth-order valence-electron chi connectivity index (χ4n) is 2.32. The number of hydrazine groups is 1. The average Bonchev–Trinajstić information content (AvgIpc) is 2.44. The molecule has 1 rings (SSSR count). The molecule has 1 amide bonds. The Hall–Kier alpha value is -1.55. The Morgan fingerprint density at radius 2 is 2.00 bits per heavy atom. The van der Waals surface area contributed by atoms with Gasteiger partial charge in [-0.2, -0.15) is 0 Å². The van der Waals surface area contributed by atoms with Crippen LogP contribution in [0.2, 0.25) is 0 Å². The number of nitrogen functional groups attached to an aromatic ring is 1. The SMILES string of the molecule is CCCCC(CCC)NC(=O)c1ccc(NN)c(C)c1. The fourth-order valence-corrected chi connectivity index (χ4v) is 2.32. The van der Waals surface area contributed by atoms with Gasteiger partial charge in [0.1, 0.15) is 0 Å². The maximum absolute atomic E-state index is 12.3. The summed E-state index contributed by atoms with van der Waals surface area (Å²) in [6.07, 6.45) is 5.49. The molecule has 1 aromatic rings. The quantitative estimate of drug-likeness (QED) is 0.504. The zero-order valence-corrected chi connectivity index (χ0v) is 12.8. The number of nitrogens with one attached hydrogen (secondary N) is 2. The fraction of sp³-hybridized carbons (Fsp3) is 0.562. The molecular formula is C16H27N3O. The molecule has 112 valence electrons. The molecule has 0 aliphatic carbocycles. The molecule has 0 spiro atoms. The lowest BCUT2D eigenvalue weighted by Crippen LogP contribution is -2.34. The van der Waals surface area contributed by atoms with E-state index in [2.05, 4.69) is 24.6 Å². The first-order valence-electron chi connectivity index (χ1n) is 7.50. The number of nitrogens with two attached hydrogens (primary N) is 1. The number of carbonyl (C=O) groups is 1. The smallest absolute Gasteiger partial charge is 0.251 e. The van der Waals surface area contributed by atoms with Crippen molar-refractivity contribution in [1.29, 1.82) is 0 Å². The number of unbranched alkanes of at least 4 members (excludes halogenated alkanes) is 1. The zero-order valence-electron chi connectivity index (χ0n) is 12.8. The van der Waals surface area contributed by atoms with Crippen molar-refractivity contribution in [2.45, 2.75) is 58.9 Å². The maximum atomic E-state index is 12.3. The standard InChI is InChI=1S/C16H27N3O/c1-4-6-8-14(7-5-2)18-16(20)13-9-10-15(19-17)12(3)11-13/h9-11,14,19H,4-8,17H2,1-3H3,(H,18,20). The van der Waals surface area contributed by atoms with Crippen molar-refractivity contribution in [3.63, 3.8) is 0 Å². The van der Waals surface area contributed by atoms with Crippen LogP contribution in [0.25, 0.3) is 0 Å². The number of carbonyl (C=O) groups excluding carboxylic acids is 1. The first-order valence-corrected chi connectivity index (χ1v) is 7.50. The summed E-state index contributed by atoms with van der Waals surface area (Å²) in [6.45, 7) is 6.26. The zero-order chi connectivity index (χ0) is 15.0. The summed E-state index contributed by atoms with van der Waals surface area (Å²) < 4.78 is 0. The summed E-state index contributed by atoms with van der Waals surface area (Å²) in [4.78, 5) is 12.3. The van der Waals surface area contributed by atoms with Crippen LogP contribution in [0, 0.1) is 6.92 Å². The second kappa shape index (κ2) is 8.59. The van der Waals surface area contributed by atoms with Crippen molar-refractivity contribution in [2.24, 2.45) is 5.84 Å². The predicted octanol–water partition coefficient (Wildman–Crippen LogP) is 3.37.